The molecule has 0 bridgehead atoms. The minimum Gasteiger partial charge on any atom is -0.492 e. The Bertz CT molecular complexity index is 1280. The van der Waals surface area contributed by atoms with Crippen molar-refractivity contribution in [3.8, 4) is 17.0 Å². The third-order valence-electron chi connectivity index (χ3n) is 7.61. The molecular weight excluding hydrogens is 567 g/mol. The van der Waals surface area contributed by atoms with Gasteiger partial charge in [0.25, 0.3) is 0 Å². The number of amides is 3. The summed E-state index contributed by atoms with van der Waals surface area (Å²) in [6.45, 7) is 11.9. The molecular formula is C33H45FN4O6. The number of benzene rings is 1. The zero-order chi connectivity index (χ0) is 31.9. The Hall–Kier alpha value is -3.89. The van der Waals surface area contributed by atoms with E-state index in [9.17, 15) is 14.4 Å². The number of halogens is 1. The van der Waals surface area contributed by atoms with Crippen molar-refractivity contribution in [2.45, 2.75) is 84.5 Å². The molecule has 2 aliphatic rings. The van der Waals surface area contributed by atoms with Gasteiger partial charge in [-0.2, -0.15) is 0 Å². The number of piperidine rings is 1. The lowest BCUT2D eigenvalue weighted by atomic mass is 9.98. The lowest BCUT2D eigenvalue weighted by molar-refractivity contribution is -0.132. The molecule has 240 valence electrons. The first kappa shape index (κ1) is 33.0. The van der Waals surface area contributed by atoms with Gasteiger partial charge in [-0.15, -0.1) is 0 Å². The third kappa shape index (κ3) is 9.56. The average molecular weight is 613 g/mol. The van der Waals surface area contributed by atoms with Gasteiger partial charge in [-0.05, 0) is 90.0 Å². The summed E-state index contributed by atoms with van der Waals surface area (Å²) in [4.78, 5) is 45.7. The van der Waals surface area contributed by atoms with E-state index in [1.807, 2.05) is 13.8 Å². The van der Waals surface area contributed by atoms with Gasteiger partial charge in [0.15, 0.2) is 0 Å². The second-order valence-electron chi connectivity index (χ2n) is 12.8. The molecule has 10 nitrogen and oxygen atoms in total. The van der Waals surface area contributed by atoms with Gasteiger partial charge in [0.2, 0.25) is 5.91 Å². The Balaban J connectivity index is 1.34. The second kappa shape index (κ2) is 14.7. The molecule has 0 spiro atoms. The second-order valence-corrected chi connectivity index (χ2v) is 12.8. The molecule has 3 amide bonds. The highest BCUT2D eigenvalue weighted by Crippen LogP contribution is 2.25. The third-order valence-corrected chi connectivity index (χ3v) is 7.61. The van der Waals surface area contributed by atoms with Crippen LogP contribution in [0.5, 0.6) is 5.75 Å². The molecule has 3 heterocycles. The number of hydrogen-bond donors (Lipinski definition) is 1. The van der Waals surface area contributed by atoms with Crippen molar-refractivity contribution in [3.05, 3.63) is 47.9 Å². The lowest BCUT2D eigenvalue weighted by Crippen LogP contribution is -2.50. The highest BCUT2D eigenvalue weighted by Gasteiger charge is 2.30. The fourth-order valence-electron chi connectivity index (χ4n) is 5.31. The number of hydrogen-bond acceptors (Lipinski definition) is 7. The van der Waals surface area contributed by atoms with Crippen LogP contribution < -0.4 is 10.1 Å². The summed E-state index contributed by atoms with van der Waals surface area (Å²) >= 11 is 0. The number of carbonyl (C=O) groups excluding carboxylic acids is 3. The van der Waals surface area contributed by atoms with E-state index in [0.29, 0.717) is 61.3 Å². The molecule has 1 atom stereocenters. The molecule has 1 aromatic heterocycles. The van der Waals surface area contributed by atoms with Crippen molar-refractivity contribution in [3.63, 3.8) is 0 Å². The minimum atomic E-state index is -0.945. The average Bonchev–Trinajstić information content (AvgIpc) is 3.51. The Morgan fingerprint density at radius 2 is 1.73 bits per heavy atom. The molecule has 1 unspecified atom stereocenters. The summed E-state index contributed by atoms with van der Waals surface area (Å²) < 4.78 is 31.9. The van der Waals surface area contributed by atoms with Gasteiger partial charge in [0, 0.05) is 38.2 Å². The van der Waals surface area contributed by atoms with E-state index in [1.165, 1.54) is 6.07 Å². The standard InChI is InChI=1S/C33H45FN4O6/c1-22(2)43-32(41)38-16-12-23(13-17-38)21-42-26-10-11-28(35-20-26)25-9-8-24(27(34)18-25)19-29(30(39)37-14-6-7-15-37)36-31(40)44-33(3,4)5/h8-11,18,20,22-23,29H,6-7,12-17,19,21H2,1-5H3,(H,36,40). The van der Waals surface area contributed by atoms with Gasteiger partial charge in [0.1, 0.15) is 23.2 Å². The van der Waals surface area contributed by atoms with E-state index in [4.69, 9.17) is 14.2 Å². The monoisotopic (exact) mass is 612 g/mol. The van der Waals surface area contributed by atoms with E-state index in [0.717, 1.165) is 25.7 Å². The summed E-state index contributed by atoms with van der Waals surface area (Å²) in [5.41, 5.74) is 0.747. The molecule has 2 saturated heterocycles. The van der Waals surface area contributed by atoms with Crippen molar-refractivity contribution in [2.24, 2.45) is 5.92 Å². The zero-order valence-electron chi connectivity index (χ0n) is 26.4. The maximum atomic E-state index is 15.3. The van der Waals surface area contributed by atoms with Gasteiger partial charge < -0.3 is 29.3 Å². The number of ether oxygens (including phenoxy) is 3. The molecule has 0 saturated carbocycles. The molecule has 2 fully saturated rings. The predicted octanol–water partition coefficient (Wildman–Crippen LogP) is 5.58. The van der Waals surface area contributed by atoms with Crippen LogP contribution in [0.15, 0.2) is 36.5 Å². The summed E-state index contributed by atoms with van der Waals surface area (Å²) in [6, 6.07) is 7.41. The molecule has 1 aromatic carbocycles. The lowest BCUT2D eigenvalue weighted by Gasteiger charge is -2.31. The van der Waals surface area contributed by atoms with Gasteiger partial charge in [-0.1, -0.05) is 12.1 Å². The Morgan fingerprint density at radius 1 is 1.02 bits per heavy atom. The van der Waals surface area contributed by atoms with Crippen LogP contribution in [0.1, 0.15) is 65.9 Å². The van der Waals surface area contributed by atoms with Crippen LogP contribution in [0.4, 0.5) is 14.0 Å². The fourth-order valence-corrected chi connectivity index (χ4v) is 5.31. The number of alkyl carbamates (subject to hydrolysis) is 1. The first-order chi connectivity index (χ1) is 20.9. The SMILES string of the molecule is CC(C)OC(=O)N1CCC(COc2ccc(-c3ccc(CC(NC(=O)OC(C)(C)C)C(=O)N4CCCC4)c(F)c3)nc2)CC1. The van der Waals surface area contributed by atoms with Gasteiger partial charge >= 0.3 is 12.2 Å². The summed E-state index contributed by atoms with van der Waals surface area (Å²) in [5, 5.41) is 2.66. The van der Waals surface area contributed by atoms with Gasteiger partial charge in [0.05, 0.1) is 24.6 Å². The first-order valence-electron chi connectivity index (χ1n) is 15.5. The number of nitrogens with zero attached hydrogens (tertiary/aromatic N) is 3. The van der Waals surface area contributed by atoms with Crippen molar-refractivity contribution < 1.29 is 33.0 Å². The van der Waals surface area contributed by atoms with Gasteiger partial charge in [-0.25, -0.2) is 14.0 Å². The maximum Gasteiger partial charge on any atom is 0.410 e. The Labute approximate surface area is 259 Å². The predicted molar refractivity (Wildman–Crippen MR) is 164 cm³/mol. The van der Waals surface area contributed by atoms with Crippen molar-refractivity contribution in [1.29, 1.82) is 0 Å². The molecule has 2 aromatic rings. The van der Waals surface area contributed by atoms with E-state index in [-0.39, 0.29) is 24.5 Å². The molecule has 4 rings (SSSR count). The maximum absolute atomic E-state index is 15.3. The molecule has 2 aliphatic heterocycles. The van der Waals surface area contributed by atoms with E-state index >= 15 is 4.39 Å². The van der Waals surface area contributed by atoms with E-state index in [2.05, 4.69) is 10.3 Å². The summed E-state index contributed by atoms with van der Waals surface area (Å²) in [6.07, 6.45) is 3.98. The normalized spacial score (nSPS) is 16.5. The number of likely N-dealkylation sites (tertiary alicyclic amines) is 2. The number of rotatable bonds is 9. The van der Waals surface area contributed by atoms with Crippen LogP contribution in [-0.2, 0) is 20.7 Å². The summed E-state index contributed by atoms with van der Waals surface area (Å²) in [7, 11) is 0. The van der Waals surface area contributed by atoms with Crippen LogP contribution in [0.25, 0.3) is 11.3 Å². The molecule has 1 N–H and O–H groups in total. The van der Waals surface area contributed by atoms with E-state index in [1.54, 1.807) is 61.0 Å². The smallest absolute Gasteiger partial charge is 0.410 e. The fraction of sp³-hybridized carbons (Fsp3) is 0.576. The van der Waals surface area contributed by atoms with Crippen molar-refractivity contribution in [1.82, 2.24) is 20.1 Å². The van der Waals surface area contributed by atoms with Gasteiger partial charge in [-0.3, -0.25) is 9.78 Å². The van der Waals surface area contributed by atoms with Crippen LogP contribution >= 0.6 is 0 Å². The van der Waals surface area contributed by atoms with Crippen LogP contribution in [0.3, 0.4) is 0 Å². The highest BCUT2D eigenvalue weighted by atomic mass is 19.1. The molecule has 0 radical (unpaired) electrons. The molecule has 11 heteroatoms. The number of carbonyl (C=O) groups is 3. The minimum absolute atomic E-state index is 0.00126. The zero-order valence-corrected chi connectivity index (χ0v) is 26.4. The highest BCUT2D eigenvalue weighted by molar-refractivity contribution is 5.86. The van der Waals surface area contributed by atoms with E-state index < -0.39 is 23.6 Å². The largest absolute Gasteiger partial charge is 0.492 e. The summed E-state index contributed by atoms with van der Waals surface area (Å²) in [5.74, 6) is 0.209. The number of pyridine rings is 1. The van der Waals surface area contributed by atoms with Crippen molar-refractivity contribution in [2.75, 3.05) is 32.8 Å². The number of nitrogens with one attached hydrogen (secondary N) is 1. The van der Waals surface area contributed by atoms with Crippen molar-refractivity contribution >= 4 is 18.1 Å². The molecule has 44 heavy (non-hydrogen) atoms. The number of aromatic nitrogens is 1. The Kier molecular flexibility index (Phi) is 11.0. The van der Waals surface area contributed by atoms with Crippen LogP contribution in [-0.4, -0.2) is 83.4 Å². The Morgan fingerprint density at radius 3 is 2.32 bits per heavy atom. The van der Waals surface area contributed by atoms with Crippen LogP contribution in [0.2, 0.25) is 0 Å². The molecule has 0 aliphatic carbocycles. The van der Waals surface area contributed by atoms with Crippen LogP contribution in [0, 0.1) is 11.7 Å². The topological polar surface area (TPSA) is 110 Å². The first-order valence-corrected chi connectivity index (χ1v) is 15.5. The quantitative estimate of drug-likeness (QED) is 0.394.